The predicted molar refractivity (Wildman–Crippen MR) is 102 cm³/mol. The van der Waals surface area contributed by atoms with Gasteiger partial charge in [-0.2, -0.15) is 0 Å². The van der Waals surface area contributed by atoms with Crippen LogP contribution in [0.15, 0.2) is 18.2 Å². The van der Waals surface area contributed by atoms with Gasteiger partial charge in [0.05, 0.1) is 0 Å². The van der Waals surface area contributed by atoms with Crippen molar-refractivity contribution in [1.82, 2.24) is 10.2 Å². The monoisotopic (exact) mass is 346 g/mol. The smallest absolute Gasteiger partial charge is 0.313 e. The first-order valence-electron chi connectivity index (χ1n) is 9.06. The van der Waals surface area contributed by atoms with Gasteiger partial charge in [-0.1, -0.05) is 13.3 Å². The summed E-state index contributed by atoms with van der Waals surface area (Å²) in [6, 6.07) is 5.96. The summed E-state index contributed by atoms with van der Waals surface area (Å²) in [5.74, 6) is -1.19. The molecule has 138 valence electrons. The standard InChI is InChI=1S/C19H30N4O2/c1-5-6-15(3)20-18(24)19(25)21-17-8-7-16(13-14(17)2)23-11-9-22(4)10-12-23/h7-8,13,15H,5-6,9-12H2,1-4H3,(H,20,24)(H,21,25)/t15-/m0/s1. The van der Waals surface area contributed by atoms with Crippen LogP contribution in [0.2, 0.25) is 0 Å². The molecule has 25 heavy (non-hydrogen) atoms. The van der Waals surface area contributed by atoms with E-state index in [2.05, 4.69) is 33.5 Å². The first-order chi connectivity index (χ1) is 11.9. The lowest BCUT2D eigenvalue weighted by atomic mass is 10.1. The van der Waals surface area contributed by atoms with Crippen molar-refractivity contribution >= 4 is 23.2 Å². The third-order valence-electron chi connectivity index (χ3n) is 4.63. The molecule has 0 spiro atoms. The number of aryl methyl sites for hydroxylation is 1. The molecule has 0 saturated carbocycles. The number of carbonyl (C=O) groups excluding carboxylic acids is 2. The van der Waals surface area contributed by atoms with Gasteiger partial charge in [0, 0.05) is 43.6 Å². The third kappa shape index (κ3) is 5.46. The molecule has 1 heterocycles. The number of amides is 2. The Kier molecular flexibility index (Phi) is 6.82. The molecule has 1 aromatic rings. The summed E-state index contributed by atoms with van der Waals surface area (Å²) < 4.78 is 0. The Morgan fingerprint density at radius 1 is 1.16 bits per heavy atom. The normalized spacial score (nSPS) is 16.4. The van der Waals surface area contributed by atoms with Gasteiger partial charge in [-0.05, 0) is 51.1 Å². The summed E-state index contributed by atoms with van der Waals surface area (Å²) in [5, 5.41) is 5.44. The number of hydrogen-bond acceptors (Lipinski definition) is 4. The maximum atomic E-state index is 12.1. The van der Waals surface area contributed by atoms with E-state index < -0.39 is 11.8 Å². The number of nitrogens with one attached hydrogen (secondary N) is 2. The zero-order chi connectivity index (χ0) is 18.4. The minimum absolute atomic E-state index is 0.00366. The lowest BCUT2D eigenvalue weighted by Crippen LogP contribution is -2.44. The summed E-state index contributed by atoms with van der Waals surface area (Å²) >= 11 is 0. The van der Waals surface area contributed by atoms with Crippen LogP contribution in [-0.2, 0) is 9.59 Å². The van der Waals surface area contributed by atoms with Crippen molar-refractivity contribution in [2.75, 3.05) is 43.4 Å². The Bertz CT molecular complexity index is 609. The minimum atomic E-state index is -0.613. The average molecular weight is 346 g/mol. The van der Waals surface area contributed by atoms with E-state index in [1.807, 2.05) is 32.9 Å². The maximum absolute atomic E-state index is 12.1. The molecule has 0 bridgehead atoms. The van der Waals surface area contributed by atoms with E-state index in [9.17, 15) is 9.59 Å². The van der Waals surface area contributed by atoms with Crippen LogP contribution in [0.5, 0.6) is 0 Å². The molecule has 6 heteroatoms. The number of anilines is 2. The van der Waals surface area contributed by atoms with Gasteiger partial charge in [0.15, 0.2) is 0 Å². The van der Waals surface area contributed by atoms with Gasteiger partial charge >= 0.3 is 11.8 Å². The van der Waals surface area contributed by atoms with E-state index in [1.54, 1.807) is 0 Å². The van der Waals surface area contributed by atoms with Crippen LogP contribution in [0.4, 0.5) is 11.4 Å². The molecule has 1 aromatic carbocycles. The summed E-state index contributed by atoms with van der Waals surface area (Å²) in [6.07, 6.45) is 1.83. The highest BCUT2D eigenvalue weighted by Gasteiger charge is 2.18. The van der Waals surface area contributed by atoms with Gasteiger partial charge in [0.1, 0.15) is 0 Å². The molecule has 6 nitrogen and oxygen atoms in total. The Morgan fingerprint density at radius 3 is 2.44 bits per heavy atom. The van der Waals surface area contributed by atoms with Crippen molar-refractivity contribution in [1.29, 1.82) is 0 Å². The predicted octanol–water partition coefficient (Wildman–Crippen LogP) is 1.99. The van der Waals surface area contributed by atoms with Crippen LogP contribution >= 0.6 is 0 Å². The van der Waals surface area contributed by atoms with Crippen molar-refractivity contribution in [2.24, 2.45) is 0 Å². The maximum Gasteiger partial charge on any atom is 0.313 e. The fourth-order valence-electron chi connectivity index (χ4n) is 3.02. The number of likely N-dealkylation sites (N-methyl/N-ethyl adjacent to an activating group) is 1. The summed E-state index contributed by atoms with van der Waals surface area (Å²) in [5.41, 5.74) is 2.80. The molecule has 0 aliphatic carbocycles. The van der Waals surface area contributed by atoms with Gasteiger partial charge in [0.25, 0.3) is 0 Å². The number of rotatable bonds is 5. The second-order valence-corrected chi connectivity index (χ2v) is 6.91. The zero-order valence-corrected chi connectivity index (χ0v) is 15.8. The summed E-state index contributed by atoms with van der Waals surface area (Å²) in [4.78, 5) is 28.7. The van der Waals surface area contributed by atoms with Crippen LogP contribution in [-0.4, -0.2) is 56.0 Å². The highest BCUT2D eigenvalue weighted by molar-refractivity contribution is 6.39. The van der Waals surface area contributed by atoms with Gasteiger partial charge in [-0.3, -0.25) is 9.59 Å². The number of piperazine rings is 1. The van der Waals surface area contributed by atoms with Gasteiger partial charge in [0.2, 0.25) is 0 Å². The van der Waals surface area contributed by atoms with Crippen molar-refractivity contribution < 1.29 is 9.59 Å². The van der Waals surface area contributed by atoms with Crippen LogP contribution < -0.4 is 15.5 Å². The summed E-state index contributed by atoms with van der Waals surface area (Å²) in [6.45, 7) is 10.0. The average Bonchev–Trinajstić information content (AvgIpc) is 2.57. The fourth-order valence-corrected chi connectivity index (χ4v) is 3.02. The van der Waals surface area contributed by atoms with E-state index in [0.29, 0.717) is 5.69 Å². The quantitative estimate of drug-likeness (QED) is 0.801. The molecule has 0 radical (unpaired) electrons. The Labute approximate surface area is 150 Å². The molecule has 1 aliphatic rings. The first-order valence-corrected chi connectivity index (χ1v) is 9.06. The topological polar surface area (TPSA) is 64.7 Å². The van der Waals surface area contributed by atoms with Crippen molar-refractivity contribution in [3.63, 3.8) is 0 Å². The Morgan fingerprint density at radius 2 is 1.84 bits per heavy atom. The van der Waals surface area contributed by atoms with Crippen LogP contribution in [0.3, 0.4) is 0 Å². The van der Waals surface area contributed by atoms with Gasteiger partial charge < -0.3 is 20.4 Å². The van der Waals surface area contributed by atoms with Crippen LogP contribution in [0, 0.1) is 6.92 Å². The Balaban J connectivity index is 1.96. The van der Waals surface area contributed by atoms with Gasteiger partial charge in [-0.15, -0.1) is 0 Å². The number of nitrogens with zero attached hydrogens (tertiary/aromatic N) is 2. The van der Waals surface area contributed by atoms with E-state index in [-0.39, 0.29) is 6.04 Å². The molecule has 1 aliphatic heterocycles. The Hall–Kier alpha value is -2.08. The first kappa shape index (κ1) is 19.2. The molecule has 0 aromatic heterocycles. The van der Waals surface area contributed by atoms with Crippen molar-refractivity contribution in [3.8, 4) is 0 Å². The highest BCUT2D eigenvalue weighted by Crippen LogP contribution is 2.23. The molecule has 1 atom stereocenters. The molecule has 1 saturated heterocycles. The SMILES string of the molecule is CCC[C@H](C)NC(=O)C(=O)Nc1ccc(N2CCN(C)CC2)cc1C. The minimum Gasteiger partial charge on any atom is -0.369 e. The lowest BCUT2D eigenvalue weighted by molar-refractivity contribution is -0.136. The number of carbonyl (C=O) groups is 2. The molecule has 0 unspecified atom stereocenters. The van der Waals surface area contributed by atoms with E-state index >= 15 is 0 Å². The molecular formula is C19H30N4O2. The number of benzene rings is 1. The molecule has 2 rings (SSSR count). The third-order valence-corrected chi connectivity index (χ3v) is 4.63. The number of hydrogen-bond donors (Lipinski definition) is 2. The second-order valence-electron chi connectivity index (χ2n) is 6.91. The van der Waals surface area contributed by atoms with Crippen LogP contribution in [0.1, 0.15) is 32.3 Å². The molecule has 1 fully saturated rings. The second kappa shape index (κ2) is 8.85. The van der Waals surface area contributed by atoms with Gasteiger partial charge in [-0.25, -0.2) is 0 Å². The highest BCUT2D eigenvalue weighted by atomic mass is 16.2. The fraction of sp³-hybridized carbons (Fsp3) is 0.579. The molecule has 2 N–H and O–H groups in total. The molecular weight excluding hydrogens is 316 g/mol. The summed E-state index contributed by atoms with van der Waals surface area (Å²) in [7, 11) is 2.13. The molecule has 2 amide bonds. The van der Waals surface area contributed by atoms with E-state index in [0.717, 1.165) is 50.3 Å². The van der Waals surface area contributed by atoms with Crippen LogP contribution in [0.25, 0.3) is 0 Å². The van der Waals surface area contributed by atoms with Crippen molar-refractivity contribution in [2.45, 2.75) is 39.7 Å². The van der Waals surface area contributed by atoms with Crippen molar-refractivity contribution in [3.05, 3.63) is 23.8 Å². The largest absolute Gasteiger partial charge is 0.369 e. The zero-order valence-electron chi connectivity index (χ0n) is 15.8. The van der Waals surface area contributed by atoms with E-state index in [4.69, 9.17) is 0 Å². The lowest BCUT2D eigenvalue weighted by Gasteiger charge is -2.34. The van der Waals surface area contributed by atoms with E-state index in [1.165, 1.54) is 0 Å².